The van der Waals surface area contributed by atoms with Crippen molar-refractivity contribution in [1.29, 1.82) is 0 Å². The van der Waals surface area contributed by atoms with E-state index in [1.165, 1.54) is 10.7 Å². The molecule has 0 bridgehead atoms. The molecule has 0 unspecified atom stereocenters. The highest BCUT2D eigenvalue weighted by molar-refractivity contribution is 5.76. The van der Waals surface area contributed by atoms with Crippen molar-refractivity contribution in [1.82, 2.24) is 19.6 Å². The van der Waals surface area contributed by atoms with Crippen LogP contribution in [0.25, 0.3) is 11.3 Å². The van der Waals surface area contributed by atoms with Gasteiger partial charge >= 0.3 is 6.09 Å². The Morgan fingerprint density at radius 2 is 1.64 bits per heavy atom. The Morgan fingerprint density at radius 1 is 1.00 bits per heavy atom. The molecule has 1 aromatic heterocycles. The third-order valence-electron chi connectivity index (χ3n) is 4.66. The highest BCUT2D eigenvalue weighted by Crippen LogP contribution is 2.16. The summed E-state index contributed by atoms with van der Waals surface area (Å²) in [4.78, 5) is 39.7. The molecule has 2 heterocycles. The van der Waals surface area contributed by atoms with Gasteiger partial charge in [-0.3, -0.25) is 9.59 Å². The van der Waals surface area contributed by atoms with E-state index in [1.54, 1.807) is 22.8 Å². The van der Waals surface area contributed by atoms with Crippen molar-refractivity contribution >= 4 is 12.0 Å². The van der Waals surface area contributed by atoms with Crippen LogP contribution in [0.5, 0.6) is 0 Å². The van der Waals surface area contributed by atoms with E-state index in [9.17, 15) is 14.4 Å². The van der Waals surface area contributed by atoms with Crippen molar-refractivity contribution in [3.63, 3.8) is 0 Å². The number of nitrogens with zero attached hydrogens (tertiary/aromatic N) is 4. The molecule has 1 aliphatic heterocycles. The number of carbonyl (C=O) groups is 2. The van der Waals surface area contributed by atoms with E-state index < -0.39 is 0 Å². The summed E-state index contributed by atoms with van der Waals surface area (Å²) in [5.74, 6) is -0.195. The van der Waals surface area contributed by atoms with Gasteiger partial charge in [0.05, 0.1) is 12.3 Å². The number of rotatable bonds is 4. The van der Waals surface area contributed by atoms with Crippen LogP contribution in [0.15, 0.2) is 41.2 Å². The van der Waals surface area contributed by atoms with Gasteiger partial charge in [-0.05, 0) is 19.9 Å². The molecule has 0 N–H and O–H groups in total. The summed E-state index contributed by atoms with van der Waals surface area (Å²) in [6, 6.07) is 10.9. The van der Waals surface area contributed by atoms with Crippen LogP contribution in [0, 0.1) is 6.92 Å². The number of hydrogen-bond acceptors (Lipinski definition) is 5. The summed E-state index contributed by atoms with van der Waals surface area (Å²) in [6.45, 7) is 5.59. The van der Waals surface area contributed by atoms with E-state index in [4.69, 9.17) is 4.74 Å². The third-order valence-corrected chi connectivity index (χ3v) is 4.66. The topological polar surface area (TPSA) is 84.7 Å². The van der Waals surface area contributed by atoms with E-state index in [1.807, 2.05) is 31.2 Å². The number of benzene rings is 1. The number of carbonyl (C=O) groups excluding carboxylic acids is 2. The number of piperazine rings is 1. The maximum absolute atomic E-state index is 12.6. The molecular formula is C20H24N4O4. The highest BCUT2D eigenvalue weighted by Gasteiger charge is 2.25. The Balaban J connectivity index is 1.66. The van der Waals surface area contributed by atoms with Crippen LogP contribution in [0.3, 0.4) is 0 Å². The first-order valence-corrected chi connectivity index (χ1v) is 9.32. The first kappa shape index (κ1) is 19.6. The zero-order valence-corrected chi connectivity index (χ0v) is 16.1. The molecule has 28 heavy (non-hydrogen) atoms. The Morgan fingerprint density at radius 3 is 2.29 bits per heavy atom. The molecule has 0 saturated carbocycles. The number of ether oxygens (including phenoxy) is 1. The van der Waals surface area contributed by atoms with E-state index in [0.29, 0.717) is 38.5 Å². The zero-order chi connectivity index (χ0) is 20.1. The van der Waals surface area contributed by atoms with Crippen LogP contribution in [0.4, 0.5) is 4.79 Å². The molecule has 8 nitrogen and oxygen atoms in total. The Hall–Kier alpha value is -3.16. The largest absolute Gasteiger partial charge is 0.450 e. The zero-order valence-electron chi connectivity index (χ0n) is 16.1. The second-order valence-electron chi connectivity index (χ2n) is 6.65. The minimum atomic E-state index is -0.363. The molecule has 0 radical (unpaired) electrons. The molecule has 148 valence electrons. The van der Waals surface area contributed by atoms with E-state index in [0.717, 1.165) is 11.1 Å². The monoisotopic (exact) mass is 384 g/mol. The fourth-order valence-corrected chi connectivity index (χ4v) is 3.02. The first-order valence-electron chi connectivity index (χ1n) is 9.32. The van der Waals surface area contributed by atoms with E-state index in [-0.39, 0.29) is 24.1 Å². The average molecular weight is 384 g/mol. The van der Waals surface area contributed by atoms with Gasteiger partial charge in [0.1, 0.15) is 6.54 Å². The van der Waals surface area contributed by atoms with Crippen LogP contribution in [-0.2, 0) is 16.1 Å². The van der Waals surface area contributed by atoms with Gasteiger partial charge in [0.2, 0.25) is 5.91 Å². The molecule has 1 saturated heterocycles. The summed E-state index contributed by atoms with van der Waals surface area (Å²) >= 11 is 0. The van der Waals surface area contributed by atoms with E-state index in [2.05, 4.69) is 5.10 Å². The van der Waals surface area contributed by atoms with Crippen LogP contribution in [0.2, 0.25) is 0 Å². The molecule has 0 atom stereocenters. The standard InChI is InChI=1S/C20H24N4O4/c1-3-28-20(27)23-12-10-22(11-13-23)19(26)14-24-18(25)9-8-17(21-24)16-6-4-15(2)5-7-16/h4-9H,3,10-14H2,1-2H3. The molecule has 1 aromatic carbocycles. The van der Waals surface area contributed by atoms with Crippen molar-refractivity contribution in [2.75, 3.05) is 32.8 Å². The lowest BCUT2D eigenvalue weighted by Gasteiger charge is -2.34. The lowest BCUT2D eigenvalue weighted by atomic mass is 10.1. The van der Waals surface area contributed by atoms with Crippen molar-refractivity contribution < 1.29 is 14.3 Å². The quantitative estimate of drug-likeness (QED) is 0.798. The maximum atomic E-state index is 12.6. The van der Waals surface area contributed by atoms with Gasteiger partial charge in [-0.25, -0.2) is 9.48 Å². The van der Waals surface area contributed by atoms with Gasteiger partial charge in [-0.1, -0.05) is 29.8 Å². The summed E-state index contributed by atoms with van der Waals surface area (Å²) in [6.07, 6.45) is -0.363. The van der Waals surface area contributed by atoms with Crippen molar-refractivity contribution in [2.24, 2.45) is 0 Å². The molecule has 0 aliphatic carbocycles. The molecule has 8 heteroatoms. The highest BCUT2D eigenvalue weighted by atomic mass is 16.6. The smallest absolute Gasteiger partial charge is 0.409 e. The van der Waals surface area contributed by atoms with Gasteiger partial charge in [0.15, 0.2) is 0 Å². The summed E-state index contributed by atoms with van der Waals surface area (Å²) in [5.41, 5.74) is 2.33. The lowest BCUT2D eigenvalue weighted by molar-refractivity contribution is -0.133. The molecule has 3 rings (SSSR count). The fourth-order valence-electron chi connectivity index (χ4n) is 3.02. The van der Waals surface area contributed by atoms with Crippen molar-refractivity contribution in [3.05, 3.63) is 52.3 Å². The second kappa shape index (κ2) is 8.69. The average Bonchev–Trinajstić information content (AvgIpc) is 2.70. The summed E-state index contributed by atoms with van der Waals surface area (Å²) in [5, 5.41) is 4.35. The SMILES string of the molecule is CCOC(=O)N1CCN(C(=O)Cn2nc(-c3ccc(C)cc3)ccc2=O)CC1. The second-order valence-corrected chi connectivity index (χ2v) is 6.65. The minimum Gasteiger partial charge on any atom is -0.450 e. The van der Waals surface area contributed by atoms with Gasteiger partial charge in [0.25, 0.3) is 5.56 Å². The Kier molecular flexibility index (Phi) is 6.08. The number of aromatic nitrogens is 2. The van der Waals surface area contributed by atoms with Crippen LogP contribution < -0.4 is 5.56 Å². The molecular weight excluding hydrogens is 360 g/mol. The minimum absolute atomic E-state index is 0.127. The lowest BCUT2D eigenvalue weighted by Crippen LogP contribution is -2.51. The van der Waals surface area contributed by atoms with Crippen molar-refractivity contribution in [3.8, 4) is 11.3 Å². The van der Waals surface area contributed by atoms with Crippen LogP contribution >= 0.6 is 0 Å². The molecule has 2 amide bonds. The van der Waals surface area contributed by atoms with Gasteiger partial charge in [-0.2, -0.15) is 5.10 Å². The molecule has 1 aliphatic rings. The number of aryl methyl sites for hydroxylation is 1. The molecule has 0 spiro atoms. The first-order chi connectivity index (χ1) is 13.5. The predicted octanol–water partition coefficient (Wildman–Crippen LogP) is 1.52. The van der Waals surface area contributed by atoms with Gasteiger partial charge in [0, 0.05) is 37.8 Å². The molecule has 1 fully saturated rings. The van der Waals surface area contributed by atoms with Gasteiger partial charge < -0.3 is 14.5 Å². The third kappa shape index (κ3) is 4.57. The van der Waals surface area contributed by atoms with Crippen molar-refractivity contribution in [2.45, 2.75) is 20.4 Å². The Bertz CT molecular complexity index is 899. The number of amides is 2. The predicted molar refractivity (Wildman–Crippen MR) is 104 cm³/mol. The number of hydrogen-bond donors (Lipinski definition) is 0. The summed E-state index contributed by atoms with van der Waals surface area (Å²) < 4.78 is 6.17. The van der Waals surface area contributed by atoms with Crippen LogP contribution in [0.1, 0.15) is 12.5 Å². The van der Waals surface area contributed by atoms with Gasteiger partial charge in [-0.15, -0.1) is 0 Å². The maximum Gasteiger partial charge on any atom is 0.409 e. The fraction of sp³-hybridized carbons (Fsp3) is 0.400. The summed E-state index contributed by atoms with van der Waals surface area (Å²) in [7, 11) is 0. The Labute approximate surface area is 163 Å². The molecule has 2 aromatic rings. The van der Waals surface area contributed by atoms with E-state index >= 15 is 0 Å². The normalized spacial score (nSPS) is 14.1. The van der Waals surface area contributed by atoms with Crippen LogP contribution in [-0.4, -0.2) is 64.4 Å².